The van der Waals surface area contributed by atoms with Crippen molar-refractivity contribution >= 4 is 17.4 Å². The van der Waals surface area contributed by atoms with Crippen molar-refractivity contribution in [1.82, 2.24) is 0 Å². The van der Waals surface area contributed by atoms with E-state index in [1.165, 1.54) is 0 Å². The number of carbonyl (C=O) groups is 1. The first kappa shape index (κ1) is 12.1. The molecule has 1 N–H and O–H groups in total. The smallest absolute Gasteiger partial charge is 0.153 e. The highest BCUT2D eigenvalue weighted by Crippen LogP contribution is 2.12. The Bertz CT molecular complexity index is 363. The lowest BCUT2D eigenvalue weighted by atomic mass is 9.98. The second-order valence-corrected chi connectivity index (χ2v) is 4.49. The van der Waals surface area contributed by atoms with Crippen LogP contribution in [0.4, 0.5) is 0 Å². The van der Waals surface area contributed by atoms with Crippen LogP contribution in [0.15, 0.2) is 24.3 Å². The van der Waals surface area contributed by atoms with Crippen molar-refractivity contribution in [3.8, 4) is 0 Å². The quantitative estimate of drug-likeness (QED) is 0.612. The van der Waals surface area contributed by atoms with Gasteiger partial charge in [0, 0.05) is 5.92 Å². The Hall–Kier alpha value is -1.00. The van der Waals surface area contributed by atoms with Crippen LogP contribution < -0.4 is 0 Å². The Balaban J connectivity index is 2.71. The van der Waals surface area contributed by atoms with Crippen LogP contribution in [0.2, 0.25) is 0 Å². The maximum absolute atomic E-state index is 10.7. The highest BCUT2D eigenvalue weighted by Gasteiger charge is 2.12. The largest absolute Gasteiger partial charge is 0.306 e. The molecule has 0 saturated carbocycles. The molecule has 0 aliphatic carbocycles. The molecule has 1 aromatic carbocycles. The number of aryl methyl sites for hydroxylation is 1. The standard InChI is InChI=1S/C11H14O3S/c1-9-4-2-3-5-11(9)6-10(7-12)8-15(13)14/h2-5,7,10H,6,8H2,1H3,(H,13,14). The molecule has 82 valence electrons. The topological polar surface area (TPSA) is 54.4 Å². The Morgan fingerprint density at radius 3 is 2.67 bits per heavy atom. The lowest BCUT2D eigenvalue weighted by Gasteiger charge is -2.09. The van der Waals surface area contributed by atoms with Gasteiger partial charge in [-0.3, -0.25) is 0 Å². The van der Waals surface area contributed by atoms with Gasteiger partial charge in [0.1, 0.15) is 6.29 Å². The summed E-state index contributed by atoms with van der Waals surface area (Å²) in [5.41, 5.74) is 2.16. The third-order valence-electron chi connectivity index (χ3n) is 2.29. The van der Waals surface area contributed by atoms with E-state index in [-0.39, 0.29) is 11.7 Å². The molecule has 2 atom stereocenters. The summed E-state index contributed by atoms with van der Waals surface area (Å²) in [6.07, 6.45) is 1.28. The van der Waals surface area contributed by atoms with Gasteiger partial charge in [-0.2, -0.15) is 0 Å². The molecule has 1 aromatic rings. The van der Waals surface area contributed by atoms with E-state index in [1.807, 2.05) is 31.2 Å². The van der Waals surface area contributed by atoms with E-state index in [0.717, 1.165) is 17.4 Å². The summed E-state index contributed by atoms with van der Waals surface area (Å²) in [7, 11) is 0. The number of benzene rings is 1. The summed E-state index contributed by atoms with van der Waals surface area (Å²) < 4.78 is 19.3. The highest BCUT2D eigenvalue weighted by atomic mass is 32.2. The van der Waals surface area contributed by atoms with Crippen molar-refractivity contribution in [3.05, 3.63) is 35.4 Å². The average molecular weight is 226 g/mol. The number of carbonyl (C=O) groups excluding carboxylic acids is 1. The number of rotatable bonds is 5. The van der Waals surface area contributed by atoms with E-state index in [0.29, 0.717) is 6.42 Å². The predicted molar refractivity (Wildman–Crippen MR) is 60.1 cm³/mol. The summed E-state index contributed by atoms with van der Waals surface area (Å²) in [6, 6.07) is 7.73. The first-order chi connectivity index (χ1) is 7.13. The maximum atomic E-state index is 10.7. The molecular weight excluding hydrogens is 212 g/mol. The molecule has 4 heteroatoms. The van der Waals surface area contributed by atoms with Gasteiger partial charge in [-0.1, -0.05) is 24.3 Å². The van der Waals surface area contributed by atoms with E-state index in [9.17, 15) is 9.00 Å². The van der Waals surface area contributed by atoms with Crippen LogP contribution in [0.1, 0.15) is 11.1 Å². The normalized spacial score (nSPS) is 14.5. The molecule has 0 heterocycles. The van der Waals surface area contributed by atoms with Gasteiger partial charge >= 0.3 is 0 Å². The first-order valence-corrected chi connectivity index (χ1v) is 5.98. The summed E-state index contributed by atoms with van der Waals surface area (Å²) in [5.74, 6) is -0.366. The second kappa shape index (κ2) is 5.78. The van der Waals surface area contributed by atoms with Gasteiger partial charge in [0.2, 0.25) is 0 Å². The van der Waals surface area contributed by atoms with Crippen molar-refractivity contribution in [2.75, 3.05) is 5.75 Å². The van der Waals surface area contributed by atoms with Gasteiger partial charge in [-0.25, -0.2) is 4.21 Å². The molecule has 0 aromatic heterocycles. The Morgan fingerprint density at radius 1 is 1.47 bits per heavy atom. The molecular formula is C11H14O3S. The summed E-state index contributed by atoms with van der Waals surface area (Å²) >= 11 is -1.91. The van der Waals surface area contributed by atoms with Gasteiger partial charge < -0.3 is 9.35 Å². The zero-order valence-corrected chi connectivity index (χ0v) is 9.37. The van der Waals surface area contributed by atoms with Crippen LogP contribution in [0.3, 0.4) is 0 Å². The molecule has 0 radical (unpaired) electrons. The third-order valence-corrected chi connectivity index (χ3v) is 3.01. The molecule has 0 amide bonds. The molecule has 1 rings (SSSR count). The van der Waals surface area contributed by atoms with Gasteiger partial charge in [0.25, 0.3) is 0 Å². The molecule has 0 fully saturated rings. The van der Waals surface area contributed by atoms with Crippen LogP contribution in [-0.4, -0.2) is 20.8 Å². The molecule has 0 aliphatic rings. The first-order valence-electron chi connectivity index (χ1n) is 4.70. The van der Waals surface area contributed by atoms with Crippen LogP contribution in [0, 0.1) is 12.8 Å². The van der Waals surface area contributed by atoms with Gasteiger partial charge in [-0.05, 0) is 24.5 Å². The monoisotopic (exact) mass is 226 g/mol. The molecule has 2 unspecified atom stereocenters. The van der Waals surface area contributed by atoms with E-state index in [4.69, 9.17) is 4.55 Å². The van der Waals surface area contributed by atoms with Crippen molar-refractivity contribution in [2.24, 2.45) is 5.92 Å². The summed E-state index contributed by atoms with van der Waals surface area (Å²) in [4.78, 5) is 10.7. The van der Waals surface area contributed by atoms with Crippen LogP contribution >= 0.6 is 0 Å². The summed E-state index contributed by atoms with van der Waals surface area (Å²) in [5, 5.41) is 0. The van der Waals surface area contributed by atoms with Crippen molar-refractivity contribution < 1.29 is 13.6 Å². The minimum atomic E-state index is -1.91. The molecule has 0 aliphatic heterocycles. The lowest BCUT2D eigenvalue weighted by molar-refractivity contribution is -0.110. The fraction of sp³-hybridized carbons (Fsp3) is 0.364. The van der Waals surface area contributed by atoms with Crippen LogP contribution in [0.25, 0.3) is 0 Å². The fourth-order valence-corrected chi connectivity index (χ4v) is 2.01. The Labute approximate surface area is 91.8 Å². The average Bonchev–Trinajstić information content (AvgIpc) is 2.19. The maximum Gasteiger partial charge on any atom is 0.153 e. The molecule has 3 nitrogen and oxygen atoms in total. The van der Waals surface area contributed by atoms with E-state index in [1.54, 1.807) is 0 Å². The number of aldehydes is 1. The third kappa shape index (κ3) is 3.93. The molecule has 0 saturated heterocycles. The van der Waals surface area contributed by atoms with E-state index in [2.05, 4.69) is 0 Å². The number of hydrogen-bond donors (Lipinski definition) is 1. The number of hydrogen-bond acceptors (Lipinski definition) is 2. The second-order valence-electron chi connectivity index (χ2n) is 3.51. The Kier molecular flexibility index (Phi) is 4.65. The highest BCUT2D eigenvalue weighted by molar-refractivity contribution is 7.79. The van der Waals surface area contributed by atoms with Crippen molar-refractivity contribution in [1.29, 1.82) is 0 Å². The van der Waals surface area contributed by atoms with Crippen molar-refractivity contribution in [3.63, 3.8) is 0 Å². The van der Waals surface area contributed by atoms with Gasteiger partial charge in [0.05, 0.1) is 5.75 Å². The minimum absolute atomic E-state index is 0.0117. The Morgan fingerprint density at radius 2 is 2.13 bits per heavy atom. The SMILES string of the molecule is Cc1ccccc1CC(C=O)CS(=O)O. The van der Waals surface area contributed by atoms with Crippen LogP contribution in [0.5, 0.6) is 0 Å². The van der Waals surface area contributed by atoms with E-state index >= 15 is 0 Å². The molecule has 0 bridgehead atoms. The van der Waals surface area contributed by atoms with E-state index < -0.39 is 11.1 Å². The van der Waals surface area contributed by atoms with Crippen molar-refractivity contribution in [2.45, 2.75) is 13.3 Å². The predicted octanol–water partition coefficient (Wildman–Crippen LogP) is 1.57. The molecule has 15 heavy (non-hydrogen) atoms. The zero-order valence-electron chi connectivity index (χ0n) is 8.55. The van der Waals surface area contributed by atoms with Gasteiger partial charge in [0.15, 0.2) is 11.1 Å². The zero-order chi connectivity index (χ0) is 11.3. The fourth-order valence-electron chi connectivity index (χ4n) is 1.45. The van der Waals surface area contributed by atoms with Gasteiger partial charge in [-0.15, -0.1) is 0 Å². The summed E-state index contributed by atoms with van der Waals surface area (Å²) in [6.45, 7) is 1.97. The van der Waals surface area contributed by atoms with Crippen LogP contribution in [-0.2, 0) is 22.3 Å². The minimum Gasteiger partial charge on any atom is -0.306 e. The lowest BCUT2D eigenvalue weighted by Crippen LogP contribution is -2.15. The molecule has 0 spiro atoms.